The second-order valence-corrected chi connectivity index (χ2v) is 9.47. The molecule has 1 aliphatic heterocycles. The van der Waals surface area contributed by atoms with Gasteiger partial charge in [0.1, 0.15) is 5.82 Å². The quantitative estimate of drug-likeness (QED) is 0.317. The molecule has 9 nitrogen and oxygen atoms in total. The first-order valence-electron chi connectivity index (χ1n) is 9.74. The number of hydrogen-bond acceptors (Lipinski definition) is 6. The minimum Gasteiger partial charge on any atom is -0.377 e. The Bertz CT molecular complexity index is 1200. The first-order chi connectivity index (χ1) is 14.6. The molecule has 1 unspecified atom stereocenters. The van der Waals surface area contributed by atoms with Crippen LogP contribution in [0.2, 0.25) is 0 Å². The molecule has 0 amide bonds. The van der Waals surface area contributed by atoms with E-state index in [1.54, 1.807) is 0 Å². The first-order valence-corrected chi connectivity index (χ1v) is 13.8. The second-order valence-electron chi connectivity index (χ2n) is 7.43. The molecule has 0 aliphatic carbocycles. The number of aromatic amines is 1. The van der Waals surface area contributed by atoms with Crippen LogP contribution in [0, 0.1) is 13.8 Å². The molecule has 0 radical (unpaired) electrons. The molecule has 4 aromatic heterocycles. The van der Waals surface area contributed by atoms with E-state index in [1.807, 2.05) is 41.3 Å². The summed E-state index contributed by atoms with van der Waals surface area (Å²) in [5.41, 5.74) is 6.80. The number of aromatic nitrogens is 7. The molecule has 1 aliphatic rings. The lowest BCUT2D eigenvalue weighted by Crippen LogP contribution is -2.44. The van der Waals surface area contributed by atoms with E-state index in [1.165, 1.54) is 0 Å². The van der Waals surface area contributed by atoms with Gasteiger partial charge in [-0.25, -0.2) is 14.0 Å². The number of halogens is 1. The Morgan fingerprint density at radius 1 is 1.27 bits per heavy atom. The molecule has 30 heavy (non-hydrogen) atoms. The number of nitrogens with zero attached hydrogens (tertiary/aromatic N) is 7. The zero-order chi connectivity index (χ0) is 20.8. The van der Waals surface area contributed by atoms with Crippen molar-refractivity contribution in [2.45, 2.75) is 26.8 Å². The largest absolute Gasteiger partial charge is 0.377 e. The number of ether oxygens (including phenoxy) is 1. The van der Waals surface area contributed by atoms with Crippen molar-refractivity contribution in [3.8, 4) is 22.5 Å². The zero-order valence-corrected chi connectivity index (χ0v) is 20.1. The SMILES string of the molecule is Cc1n[nH]c(C)c1-c1cc(N2CCOC[C@H]2C)nc2c(-c3ccnn3PI)cnn12. The standard InChI is InChI=1S/C19H22IN8OP/c1-11-10-29-7-6-26(11)17-8-16(18-12(2)24-25-13(18)3)27-19(23-17)14(9-22-27)15-4-5-21-28(15)30-20/h4-5,8-9,11,30H,6-7,10H2,1-3H3,(H,24,25)/t11-/m1/s1. The highest BCUT2D eigenvalue weighted by atomic mass is 127. The molecular formula is C19H22IN8OP. The van der Waals surface area contributed by atoms with E-state index in [0.717, 1.165) is 51.9 Å². The number of rotatable bonds is 4. The van der Waals surface area contributed by atoms with E-state index in [9.17, 15) is 0 Å². The normalized spacial score (nSPS) is 17.6. The van der Waals surface area contributed by atoms with Crippen molar-refractivity contribution in [2.75, 3.05) is 24.7 Å². The van der Waals surface area contributed by atoms with Crippen LogP contribution in [0.1, 0.15) is 18.3 Å². The number of fused-ring (bicyclic) bond motifs is 1. The summed E-state index contributed by atoms with van der Waals surface area (Å²) in [5, 5.41) is 16.7. The fraction of sp³-hybridized carbons (Fsp3) is 0.368. The maximum atomic E-state index is 5.65. The summed E-state index contributed by atoms with van der Waals surface area (Å²) in [6.45, 7) is 8.42. The first kappa shape index (κ1) is 19.9. The van der Waals surface area contributed by atoms with Gasteiger partial charge < -0.3 is 9.64 Å². The van der Waals surface area contributed by atoms with Crippen molar-refractivity contribution in [1.29, 1.82) is 0 Å². The third-order valence-electron chi connectivity index (χ3n) is 5.50. The zero-order valence-electron chi connectivity index (χ0n) is 16.9. The highest BCUT2D eigenvalue weighted by Gasteiger charge is 2.25. The van der Waals surface area contributed by atoms with Gasteiger partial charge >= 0.3 is 0 Å². The molecule has 2 atom stereocenters. The Morgan fingerprint density at radius 3 is 2.87 bits per heavy atom. The molecule has 156 valence electrons. The average molecular weight is 536 g/mol. The van der Waals surface area contributed by atoms with Gasteiger partial charge in [0.05, 0.1) is 54.5 Å². The second kappa shape index (κ2) is 7.90. The average Bonchev–Trinajstić information content (AvgIpc) is 3.46. The highest BCUT2D eigenvalue weighted by Crippen LogP contribution is 2.36. The fourth-order valence-electron chi connectivity index (χ4n) is 4.03. The molecule has 4 aromatic rings. The van der Waals surface area contributed by atoms with Gasteiger partial charge in [0.15, 0.2) is 5.65 Å². The van der Waals surface area contributed by atoms with Crippen LogP contribution in [-0.4, -0.2) is 60.1 Å². The predicted octanol–water partition coefficient (Wildman–Crippen LogP) is 3.62. The summed E-state index contributed by atoms with van der Waals surface area (Å²) >= 11 is 2.34. The van der Waals surface area contributed by atoms with Gasteiger partial charge in [-0.1, -0.05) is 0 Å². The van der Waals surface area contributed by atoms with Crippen molar-refractivity contribution in [2.24, 2.45) is 0 Å². The van der Waals surface area contributed by atoms with Crippen molar-refractivity contribution in [3.63, 3.8) is 0 Å². The summed E-state index contributed by atoms with van der Waals surface area (Å²) in [7, 11) is 0. The molecule has 0 spiro atoms. The summed E-state index contributed by atoms with van der Waals surface area (Å²) < 4.78 is 9.55. The summed E-state index contributed by atoms with van der Waals surface area (Å²) in [4.78, 5) is 7.38. The van der Waals surface area contributed by atoms with Crippen LogP contribution in [0.4, 0.5) is 5.82 Å². The van der Waals surface area contributed by atoms with E-state index in [0.29, 0.717) is 19.6 Å². The van der Waals surface area contributed by atoms with Gasteiger partial charge in [0.25, 0.3) is 0 Å². The van der Waals surface area contributed by atoms with Crippen LogP contribution in [-0.2, 0) is 4.74 Å². The third-order valence-corrected chi connectivity index (χ3v) is 7.39. The molecule has 5 heterocycles. The van der Waals surface area contributed by atoms with E-state index in [-0.39, 0.29) is 6.04 Å². The lowest BCUT2D eigenvalue weighted by molar-refractivity contribution is 0.0985. The third kappa shape index (κ3) is 3.21. The molecule has 0 aromatic carbocycles. The number of hydrogen-bond donors (Lipinski definition) is 1. The number of H-pyrrole nitrogens is 1. The number of nitrogens with one attached hydrogen (secondary N) is 1. The Hall–Kier alpha value is -2.04. The van der Waals surface area contributed by atoms with Gasteiger partial charge in [0, 0.05) is 30.1 Å². The van der Waals surface area contributed by atoms with Gasteiger partial charge in [-0.3, -0.25) is 5.10 Å². The van der Waals surface area contributed by atoms with E-state index < -0.39 is 0 Å². The topological polar surface area (TPSA) is 89.2 Å². The molecule has 0 bridgehead atoms. The molecule has 5 rings (SSSR count). The molecule has 0 saturated carbocycles. The predicted molar refractivity (Wildman–Crippen MR) is 127 cm³/mol. The monoisotopic (exact) mass is 536 g/mol. The van der Waals surface area contributed by atoms with E-state index in [4.69, 9.17) is 14.8 Å². The number of morpholine rings is 1. The maximum absolute atomic E-state index is 5.65. The minimum absolute atomic E-state index is 0.251. The summed E-state index contributed by atoms with van der Waals surface area (Å²) in [6.07, 6.45) is 4.21. The Balaban J connectivity index is 1.78. The molecular weight excluding hydrogens is 514 g/mol. The molecule has 11 heteroatoms. The Morgan fingerprint density at radius 2 is 2.13 bits per heavy atom. The molecule has 1 N–H and O–H groups in total. The molecule has 1 saturated heterocycles. The molecule has 1 fully saturated rings. The van der Waals surface area contributed by atoms with Crippen LogP contribution in [0.15, 0.2) is 24.5 Å². The highest BCUT2D eigenvalue weighted by molar-refractivity contribution is 14.2. The lowest BCUT2D eigenvalue weighted by atomic mass is 10.1. The lowest BCUT2D eigenvalue weighted by Gasteiger charge is -2.34. The van der Waals surface area contributed by atoms with Gasteiger partial charge in [-0.15, -0.1) is 0 Å². The number of aryl methyl sites for hydroxylation is 2. The smallest absolute Gasteiger partial charge is 0.167 e. The number of anilines is 1. The van der Waals surface area contributed by atoms with Crippen LogP contribution >= 0.6 is 28.4 Å². The van der Waals surface area contributed by atoms with Crippen LogP contribution in [0.25, 0.3) is 28.2 Å². The Labute approximate surface area is 188 Å². The van der Waals surface area contributed by atoms with Crippen LogP contribution in [0.5, 0.6) is 0 Å². The maximum Gasteiger partial charge on any atom is 0.167 e. The van der Waals surface area contributed by atoms with Crippen LogP contribution < -0.4 is 4.90 Å². The minimum atomic E-state index is 0.251. The van der Waals surface area contributed by atoms with Gasteiger partial charge in [-0.2, -0.15) is 15.3 Å². The summed E-state index contributed by atoms with van der Waals surface area (Å²) in [5.74, 6) is 0.929. The van der Waals surface area contributed by atoms with Gasteiger partial charge in [-0.05, 0) is 48.9 Å². The van der Waals surface area contributed by atoms with E-state index in [2.05, 4.69) is 55.2 Å². The van der Waals surface area contributed by atoms with E-state index >= 15 is 0 Å². The van der Waals surface area contributed by atoms with Crippen LogP contribution in [0.3, 0.4) is 0 Å². The van der Waals surface area contributed by atoms with Gasteiger partial charge in [0.2, 0.25) is 0 Å². The fourth-order valence-corrected chi connectivity index (χ4v) is 5.58. The Kier molecular flexibility index (Phi) is 5.24. The van der Waals surface area contributed by atoms with Crippen molar-refractivity contribution in [3.05, 3.63) is 35.9 Å². The van der Waals surface area contributed by atoms with Crippen molar-refractivity contribution < 1.29 is 4.74 Å². The van der Waals surface area contributed by atoms with Crippen molar-refractivity contribution in [1.82, 2.24) is 34.3 Å². The summed E-state index contributed by atoms with van der Waals surface area (Å²) in [6, 6.07) is 4.39. The van der Waals surface area contributed by atoms with Crippen molar-refractivity contribution >= 4 is 39.9 Å².